The van der Waals surface area contributed by atoms with Crippen molar-refractivity contribution in [1.29, 1.82) is 0 Å². The quantitative estimate of drug-likeness (QED) is 0.752. The number of ether oxygens (including phenoxy) is 1. The summed E-state index contributed by atoms with van der Waals surface area (Å²) in [5.74, 6) is 0. The number of nitrogens with one attached hydrogen (secondary N) is 1. The largest absolute Gasteiger partial charge is 0.447 e. The topological polar surface area (TPSA) is 75.7 Å². The molecule has 1 fully saturated rings. The number of nitrogens with zero attached hydrogens (tertiary/aromatic N) is 1. The van der Waals surface area contributed by atoms with E-state index in [0.29, 0.717) is 0 Å². The highest BCUT2D eigenvalue weighted by atomic mass is 32.2. The summed E-state index contributed by atoms with van der Waals surface area (Å²) in [6.07, 6.45) is -5.85. The minimum absolute atomic E-state index is 0.161. The second kappa shape index (κ2) is 3.85. The van der Waals surface area contributed by atoms with E-state index in [-0.39, 0.29) is 17.5 Å². The highest BCUT2D eigenvalue weighted by molar-refractivity contribution is 7.87. The van der Waals surface area contributed by atoms with Crippen molar-refractivity contribution in [2.45, 2.75) is 6.18 Å². The van der Waals surface area contributed by atoms with Crippen LogP contribution in [0, 0.1) is 0 Å². The Morgan fingerprint density at radius 2 is 2.07 bits per heavy atom. The molecule has 1 rings (SSSR count). The summed E-state index contributed by atoms with van der Waals surface area (Å²) in [7, 11) is -4.45. The molecule has 0 aromatic heterocycles. The zero-order chi connectivity index (χ0) is 11.7. The molecule has 1 heterocycles. The van der Waals surface area contributed by atoms with Gasteiger partial charge in [-0.05, 0) is 0 Å². The average molecular weight is 248 g/mol. The molecule has 10 heteroatoms. The molecule has 88 valence electrons. The van der Waals surface area contributed by atoms with E-state index in [1.807, 2.05) is 0 Å². The molecule has 0 saturated carbocycles. The van der Waals surface area contributed by atoms with Crippen LogP contribution in [0.15, 0.2) is 0 Å². The molecule has 0 aliphatic carbocycles. The number of hydrogen-bond donors (Lipinski definition) is 1. The van der Waals surface area contributed by atoms with E-state index in [2.05, 4.69) is 4.74 Å². The summed E-state index contributed by atoms with van der Waals surface area (Å²) in [5, 5.41) is 0. The van der Waals surface area contributed by atoms with Crippen LogP contribution in [0.2, 0.25) is 0 Å². The summed E-state index contributed by atoms with van der Waals surface area (Å²) in [5.41, 5.74) is 0. The van der Waals surface area contributed by atoms with Gasteiger partial charge in [0.25, 0.3) is 0 Å². The lowest BCUT2D eigenvalue weighted by Gasteiger charge is -2.14. The molecular weight excluding hydrogens is 241 g/mol. The van der Waals surface area contributed by atoms with E-state index < -0.39 is 29.0 Å². The summed E-state index contributed by atoms with van der Waals surface area (Å²) in [6, 6.07) is 0. The molecule has 0 bridgehead atoms. The Bertz CT molecular complexity index is 352. The molecule has 0 radical (unpaired) electrons. The highest BCUT2D eigenvalue weighted by Crippen LogP contribution is 2.14. The third-order valence-corrected chi connectivity index (χ3v) is 2.89. The number of rotatable bonds is 3. The molecule has 1 aliphatic rings. The maximum atomic E-state index is 11.7. The van der Waals surface area contributed by atoms with Crippen LogP contribution < -0.4 is 4.72 Å². The Kier molecular flexibility index (Phi) is 3.09. The lowest BCUT2D eigenvalue weighted by atomic mass is 10.7. The lowest BCUT2D eigenvalue weighted by molar-refractivity contribution is -0.121. The van der Waals surface area contributed by atoms with Gasteiger partial charge < -0.3 is 4.74 Å². The molecule has 1 amide bonds. The normalized spacial score (nSPS) is 18.1. The summed E-state index contributed by atoms with van der Waals surface area (Å²) in [4.78, 5) is 10.7. The standard InChI is InChI=1S/C5H7F3N2O4S/c6-5(7,8)3-9-15(12,13)10-1-2-14-4(10)11/h9H,1-3H2. The Balaban J connectivity index is 2.63. The fraction of sp³-hybridized carbons (Fsp3) is 0.800. The van der Waals surface area contributed by atoms with Crippen LogP contribution in [0.5, 0.6) is 0 Å². The van der Waals surface area contributed by atoms with Crippen LogP contribution in [0.1, 0.15) is 0 Å². The molecule has 15 heavy (non-hydrogen) atoms. The van der Waals surface area contributed by atoms with Gasteiger partial charge in [-0.3, -0.25) is 0 Å². The first-order valence-electron chi connectivity index (χ1n) is 3.73. The molecule has 1 saturated heterocycles. The van der Waals surface area contributed by atoms with Crippen molar-refractivity contribution in [3.05, 3.63) is 0 Å². The van der Waals surface area contributed by atoms with Gasteiger partial charge in [0.15, 0.2) is 0 Å². The van der Waals surface area contributed by atoms with Gasteiger partial charge >= 0.3 is 22.5 Å². The van der Waals surface area contributed by atoms with E-state index in [1.165, 1.54) is 4.72 Å². The van der Waals surface area contributed by atoms with Crippen LogP contribution in [0.25, 0.3) is 0 Å². The van der Waals surface area contributed by atoms with Crippen molar-refractivity contribution in [2.24, 2.45) is 0 Å². The van der Waals surface area contributed by atoms with E-state index >= 15 is 0 Å². The number of alkyl halides is 3. The van der Waals surface area contributed by atoms with Crippen molar-refractivity contribution in [3.8, 4) is 0 Å². The van der Waals surface area contributed by atoms with E-state index in [9.17, 15) is 26.4 Å². The van der Waals surface area contributed by atoms with E-state index in [4.69, 9.17) is 0 Å². The molecule has 0 spiro atoms. The Labute approximate surface area is 83.2 Å². The zero-order valence-corrected chi connectivity index (χ0v) is 8.06. The number of halogens is 3. The maximum absolute atomic E-state index is 11.7. The monoisotopic (exact) mass is 248 g/mol. The first-order chi connectivity index (χ1) is 6.72. The fourth-order valence-electron chi connectivity index (χ4n) is 0.848. The van der Waals surface area contributed by atoms with Crippen LogP contribution in [0.4, 0.5) is 18.0 Å². The summed E-state index contributed by atoms with van der Waals surface area (Å²) < 4.78 is 63.1. The van der Waals surface area contributed by atoms with Gasteiger partial charge in [0.1, 0.15) is 13.2 Å². The van der Waals surface area contributed by atoms with Crippen LogP contribution >= 0.6 is 0 Å². The van der Waals surface area contributed by atoms with Crippen LogP contribution in [0.3, 0.4) is 0 Å². The second-order valence-electron chi connectivity index (χ2n) is 2.63. The first kappa shape index (κ1) is 12.0. The smallest absolute Gasteiger partial charge is 0.424 e. The SMILES string of the molecule is O=C1OCCN1S(=O)(=O)NCC(F)(F)F. The molecule has 1 aliphatic heterocycles. The van der Waals surface area contributed by atoms with Crippen LogP contribution in [-0.4, -0.2) is 44.7 Å². The summed E-state index contributed by atoms with van der Waals surface area (Å²) >= 11 is 0. The van der Waals surface area contributed by atoms with E-state index in [1.54, 1.807) is 0 Å². The molecule has 0 unspecified atom stereocenters. The van der Waals surface area contributed by atoms with Gasteiger partial charge in [-0.15, -0.1) is 0 Å². The molecule has 6 nitrogen and oxygen atoms in total. The third-order valence-electron chi connectivity index (χ3n) is 1.47. The van der Waals surface area contributed by atoms with Gasteiger partial charge in [-0.2, -0.15) is 30.6 Å². The number of carbonyl (C=O) groups excluding carboxylic acids is 1. The average Bonchev–Trinajstić information content (AvgIpc) is 2.47. The first-order valence-corrected chi connectivity index (χ1v) is 5.17. The molecule has 1 N–H and O–H groups in total. The fourth-order valence-corrected chi connectivity index (χ4v) is 1.91. The summed E-state index contributed by atoms with van der Waals surface area (Å²) in [6.45, 7) is -2.17. The van der Waals surface area contributed by atoms with Crippen molar-refractivity contribution in [1.82, 2.24) is 9.03 Å². The number of hydrogen-bond acceptors (Lipinski definition) is 4. The number of amides is 1. The van der Waals surface area contributed by atoms with Crippen molar-refractivity contribution in [3.63, 3.8) is 0 Å². The van der Waals surface area contributed by atoms with Gasteiger partial charge in [0.2, 0.25) is 0 Å². The minimum atomic E-state index is -4.67. The molecule has 0 atom stereocenters. The van der Waals surface area contributed by atoms with Gasteiger partial charge in [0.05, 0.1) is 6.54 Å². The Hall–Kier alpha value is -1.03. The predicted octanol–water partition coefficient (Wildman–Crippen LogP) is -0.165. The zero-order valence-electron chi connectivity index (χ0n) is 7.24. The number of cyclic esters (lactones) is 1. The van der Waals surface area contributed by atoms with Gasteiger partial charge in [0, 0.05) is 0 Å². The van der Waals surface area contributed by atoms with Crippen LogP contribution in [-0.2, 0) is 14.9 Å². The van der Waals surface area contributed by atoms with Crippen molar-refractivity contribution in [2.75, 3.05) is 19.7 Å². The second-order valence-corrected chi connectivity index (χ2v) is 4.31. The van der Waals surface area contributed by atoms with Crippen molar-refractivity contribution >= 4 is 16.3 Å². The Morgan fingerprint density at radius 1 is 1.47 bits per heavy atom. The van der Waals surface area contributed by atoms with Gasteiger partial charge in [-0.1, -0.05) is 0 Å². The highest BCUT2D eigenvalue weighted by Gasteiger charge is 2.36. The maximum Gasteiger partial charge on any atom is 0.424 e. The predicted molar refractivity (Wildman–Crippen MR) is 41.0 cm³/mol. The third kappa shape index (κ3) is 3.23. The Morgan fingerprint density at radius 3 is 2.47 bits per heavy atom. The van der Waals surface area contributed by atoms with Gasteiger partial charge in [-0.25, -0.2) is 4.79 Å². The molecule has 0 aromatic carbocycles. The number of carbonyl (C=O) groups is 1. The minimum Gasteiger partial charge on any atom is -0.447 e. The lowest BCUT2D eigenvalue weighted by Crippen LogP contribution is -2.44. The molecule has 0 aromatic rings. The molecular formula is C5H7F3N2O4S. The van der Waals surface area contributed by atoms with E-state index in [0.717, 1.165) is 0 Å². The van der Waals surface area contributed by atoms with Crippen molar-refractivity contribution < 1.29 is 31.1 Å².